The summed E-state index contributed by atoms with van der Waals surface area (Å²) in [5, 5.41) is 3.67. The Hall–Kier alpha value is -2.27. The normalized spacial score (nSPS) is 20.1. The van der Waals surface area contributed by atoms with Crippen molar-refractivity contribution in [1.29, 1.82) is 0 Å². The summed E-state index contributed by atoms with van der Waals surface area (Å²) in [6, 6.07) is 11.7. The Morgan fingerprint density at radius 1 is 1.15 bits per heavy atom. The first-order valence-electron chi connectivity index (χ1n) is 9.41. The van der Waals surface area contributed by atoms with Gasteiger partial charge in [-0.25, -0.2) is 9.78 Å². The summed E-state index contributed by atoms with van der Waals surface area (Å²) in [5.74, 6) is 1.25. The molecule has 2 aromatic rings. The fraction of sp³-hybridized carbons (Fsp3) is 0.429. The Bertz CT molecular complexity index is 781. The molecule has 1 aromatic heterocycles. The smallest absolute Gasteiger partial charge is 0.322 e. The van der Waals surface area contributed by atoms with Gasteiger partial charge < -0.3 is 15.1 Å². The number of nitrogens with one attached hydrogen (secondary N) is 1. The molecule has 2 heterocycles. The fourth-order valence-corrected chi connectivity index (χ4v) is 3.89. The molecular weight excluding hydrogens is 360 g/mol. The zero-order valence-electron chi connectivity index (χ0n) is 16.3. The maximum absolute atomic E-state index is 12.9. The molecule has 2 atom stereocenters. The van der Waals surface area contributed by atoms with Gasteiger partial charge in [0.15, 0.2) is 0 Å². The molecule has 3 rings (SSSR count). The maximum atomic E-state index is 12.9. The quantitative estimate of drug-likeness (QED) is 0.808. The van der Waals surface area contributed by atoms with Crippen LogP contribution in [-0.4, -0.2) is 41.1 Å². The predicted octanol–water partition coefficient (Wildman–Crippen LogP) is 4.99. The number of carbonyl (C=O) groups is 1. The Kier molecular flexibility index (Phi) is 5.90. The summed E-state index contributed by atoms with van der Waals surface area (Å²) in [5.41, 5.74) is 2.08. The fourth-order valence-electron chi connectivity index (χ4n) is 3.65. The number of hydrogen-bond donors (Lipinski definition) is 1. The molecule has 0 aliphatic carbocycles. The van der Waals surface area contributed by atoms with E-state index < -0.39 is 0 Å². The molecule has 2 amide bonds. The van der Waals surface area contributed by atoms with E-state index in [0.29, 0.717) is 24.0 Å². The number of rotatable bonds is 3. The molecule has 1 fully saturated rings. The summed E-state index contributed by atoms with van der Waals surface area (Å²) in [4.78, 5) is 21.3. The first-order chi connectivity index (χ1) is 12.9. The molecule has 0 bridgehead atoms. The second kappa shape index (κ2) is 8.17. The Morgan fingerprint density at radius 3 is 2.33 bits per heavy atom. The van der Waals surface area contributed by atoms with Crippen molar-refractivity contribution in [2.45, 2.75) is 45.7 Å². The van der Waals surface area contributed by atoms with Crippen LogP contribution >= 0.6 is 11.6 Å². The van der Waals surface area contributed by atoms with Gasteiger partial charge in [-0.2, -0.15) is 0 Å². The zero-order valence-corrected chi connectivity index (χ0v) is 17.1. The summed E-state index contributed by atoms with van der Waals surface area (Å²) in [6.45, 7) is 9.82. The van der Waals surface area contributed by atoms with E-state index >= 15 is 0 Å². The molecule has 1 saturated heterocycles. The van der Waals surface area contributed by atoms with Gasteiger partial charge >= 0.3 is 6.03 Å². The number of anilines is 2. The van der Waals surface area contributed by atoms with Crippen LogP contribution in [0.1, 0.15) is 39.2 Å². The van der Waals surface area contributed by atoms with Crippen LogP contribution in [0.25, 0.3) is 0 Å². The number of aromatic nitrogens is 1. The average molecular weight is 387 g/mol. The van der Waals surface area contributed by atoms with Crippen LogP contribution in [0.15, 0.2) is 42.6 Å². The van der Waals surface area contributed by atoms with Gasteiger partial charge in [0.05, 0.1) is 5.02 Å². The molecule has 5 nitrogen and oxygen atoms in total. The van der Waals surface area contributed by atoms with Crippen molar-refractivity contribution < 1.29 is 4.79 Å². The number of benzene rings is 1. The Morgan fingerprint density at radius 2 is 1.78 bits per heavy atom. The van der Waals surface area contributed by atoms with Gasteiger partial charge in [0, 0.05) is 37.1 Å². The minimum atomic E-state index is -0.0703. The van der Waals surface area contributed by atoms with Crippen molar-refractivity contribution in [2.75, 3.05) is 23.3 Å². The third kappa shape index (κ3) is 4.35. The van der Waals surface area contributed by atoms with E-state index in [4.69, 9.17) is 11.6 Å². The SMILES string of the molecule is CC(C)c1ccc(NC(=O)N2C(C)CN(c3ncccc3Cl)CC2C)cc1. The molecule has 6 heteroatoms. The van der Waals surface area contributed by atoms with E-state index in [1.165, 1.54) is 5.56 Å². The number of amides is 2. The van der Waals surface area contributed by atoms with Gasteiger partial charge in [0.25, 0.3) is 0 Å². The van der Waals surface area contributed by atoms with E-state index in [-0.39, 0.29) is 18.1 Å². The number of halogens is 1. The van der Waals surface area contributed by atoms with Gasteiger partial charge in [-0.15, -0.1) is 0 Å². The van der Waals surface area contributed by atoms with Crippen LogP contribution in [0, 0.1) is 0 Å². The molecule has 1 aliphatic rings. The highest BCUT2D eigenvalue weighted by Crippen LogP contribution is 2.27. The number of pyridine rings is 1. The monoisotopic (exact) mass is 386 g/mol. The van der Waals surface area contributed by atoms with E-state index in [2.05, 4.69) is 55.0 Å². The van der Waals surface area contributed by atoms with Gasteiger partial charge in [-0.05, 0) is 49.6 Å². The third-order valence-corrected chi connectivity index (χ3v) is 5.32. The minimum absolute atomic E-state index is 0.0433. The van der Waals surface area contributed by atoms with E-state index in [1.807, 2.05) is 29.2 Å². The highest BCUT2D eigenvalue weighted by atomic mass is 35.5. The number of carbonyl (C=O) groups excluding carboxylic acids is 1. The van der Waals surface area contributed by atoms with Crippen molar-refractivity contribution in [3.8, 4) is 0 Å². The summed E-state index contributed by atoms with van der Waals surface area (Å²) < 4.78 is 0. The molecule has 2 unspecified atom stereocenters. The second-order valence-electron chi connectivity index (χ2n) is 7.53. The molecule has 1 N–H and O–H groups in total. The third-order valence-electron chi connectivity index (χ3n) is 5.02. The molecule has 0 saturated carbocycles. The van der Waals surface area contributed by atoms with Crippen molar-refractivity contribution in [3.63, 3.8) is 0 Å². The average Bonchev–Trinajstić information content (AvgIpc) is 2.62. The summed E-state index contributed by atoms with van der Waals surface area (Å²) in [7, 11) is 0. The molecule has 0 radical (unpaired) electrons. The van der Waals surface area contributed by atoms with Crippen LogP contribution in [-0.2, 0) is 0 Å². The summed E-state index contributed by atoms with van der Waals surface area (Å²) in [6.07, 6.45) is 1.75. The van der Waals surface area contributed by atoms with Gasteiger partial charge in [0.2, 0.25) is 0 Å². The lowest BCUT2D eigenvalue weighted by Crippen LogP contribution is -2.60. The van der Waals surface area contributed by atoms with Crippen LogP contribution in [0.2, 0.25) is 5.02 Å². The highest BCUT2D eigenvalue weighted by Gasteiger charge is 2.34. The number of hydrogen-bond acceptors (Lipinski definition) is 3. The van der Waals surface area contributed by atoms with Crippen LogP contribution < -0.4 is 10.2 Å². The van der Waals surface area contributed by atoms with Crippen LogP contribution in [0.3, 0.4) is 0 Å². The van der Waals surface area contributed by atoms with E-state index in [1.54, 1.807) is 6.20 Å². The molecule has 144 valence electrons. The second-order valence-corrected chi connectivity index (χ2v) is 7.93. The molecule has 1 aromatic carbocycles. The Balaban J connectivity index is 1.68. The lowest BCUT2D eigenvalue weighted by atomic mass is 10.0. The van der Waals surface area contributed by atoms with E-state index in [9.17, 15) is 4.79 Å². The topological polar surface area (TPSA) is 48.5 Å². The van der Waals surface area contributed by atoms with Gasteiger partial charge in [0.1, 0.15) is 5.82 Å². The van der Waals surface area contributed by atoms with E-state index in [0.717, 1.165) is 11.5 Å². The number of piperazine rings is 1. The molecule has 0 spiro atoms. The van der Waals surface area contributed by atoms with Gasteiger partial charge in [-0.1, -0.05) is 37.6 Å². The minimum Gasteiger partial charge on any atom is -0.351 e. The molecular formula is C21H27ClN4O. The molecule has 27 heavy (non-hydrogen) atoms. The Labute approximate surface area is 166 Å². The number of nitrogens with zero attached hydrogens (tertiary/aromatic N) is 3. The largest absolute Gasteiger partial charge is 0.351 e. The van der Waals surface area contributed by atoms with Crippen molar-refractivity contribution in [1.82, 2.24) is 9.88 Å². The predicted molar refractivity (Wildman–Crippen MR) is 112 cm³/mol. The summed E-state index contributed by atoms with van der Waals surface area (Å²) >= 11 is 6.30. The van der Waals surface area contributed by atoms with Crippen molar-refractivity contribution >= 4 is 29.1 Å². The van der Waals surface area contributed by atoms with Crippen molar-refractivity contribution in [3.05, 3.63) is 53.2 Å². The first kappa shape index (κ1) is 19.5. The molecule has 1 aliphatic heterocycles. The van der Waals surface area contributed by atoms with Crippen molar-refractivity contribution in [2.24, 2.45) is 0 Å². The standard InChI is InChI=1S/C21H27ClN4O/c1-14(2)17-7-9-18(10-8-17)24-21(27)26-15(3)12-25(13-16(26)4)20-19(22)6-5-11-23-20/h5-11,14-16H,12-13H2,1-4H3,(H,24,27). The van der Waals surface area contributed by atoms with Gasteiger partial charge in [-0.3, -0.25) is 0 Å². The van der Waals surface area contributed by atoms with Crippen LogP contribution in [0.5, 0.6) is 0 Å². The number of urea groups is 1. The lowest BCUT2D eigenvalue weighted by molar-refractivity contribution is 0.153. The first-order valence-corrected chi connectivity index (χ1v) is 9.79. The van der Waals surface area contributed by atoms with Crippen LogP contribution in [0.4, 0.5) is 16.3 Å². The zero-order chi connectivity index (χ0) is 19.6. The highest BCUT2D eigenvalue weighted by molar-refractivity contribution is 6.32. The lowest BCUT2D eigenvalue weighted by Gasteiger charge is -2.44. The maximum Gasteiger partial charge on any atom is 0.322 e.